The van der Waals surface area contributed by atoms with Crippen LogP contribution in [0.2, 0.25) is 0 Å². The molecule has 1 fully saturated rings. The van der Waals surface area contributed by atoms with Crippen LogP contribution in [0.1, 0.15) is 24.8 Å². The van der Waals surface area contributed by atoms with Crippen LogP contribution in [0, 0.1) is 0 Å². The van der Waals surface area contributed by atoms with Crippen LogP contribution in [-0.4, -0.2) is 27.9 Å². The van der Waals surface area contributed by atoms with Gasteiger partial charge in [-0.05, 0) is 31.4 Å². The van der Waals surface area contributed by atoms with Gasteiger partial charge in [0.15, 0.2) is 9.84 Å². The number of methoxy groups -OCH3 is 1. The number of hydrogen-bond acceptors (Lipinski definition) is 5. The third-order valence-electron chi connectivity index (χ3n) is 3.51. The lowest BCUT2D eigenvalue weighted by Gasteiger charge is -2.38. The van der Waals surface area contributed by atoms with Crippen molar-refractivity contribution in [2.24, 2.45) is 4.99 Å². The molecule has 0 bridgehead atoms. The normalized spacial score (nSPS) is 17.2. The van der Waals surface area contributed by atoms with Crippen molar-refractivity contribution in [2.45, 2.75) is 29.7 Å². The maximum atomic E-state index is 11.9. The minimum Gasteiger partial charge on any atom is -0.496 e. The van der Waals surface area contributed by atoms with E-state index in [4.69, 9.17) is 4.74 Å². The van der Waals surface area contributed by atoms with Crippen molar-refractivity contribution in [3.8, 4) is 5.75 Å². The molecule has 1 aromatic carbocycles. The molecule has 2 rings (SSSR count). The molecule has 0 spiro atoms. The number of isocyanates is 1. The third-order valence-corrected chi connectivity index (χ3v) is 4.65. The van der Waals surface area contributed by atoms with Crippen LogP contribution in [0.4, 0.5) is 0 Å². The van der Waals surface area contributed by atoms with E-state index in [1.54, 1.807) is 18.2 Å². The smallest absolute Gasteiger partial charge is 0.235 e. The van der Waals surface area contributed by atoms with Gasteiger partial charge < -0.3 is 4.74 Å². The summed E-state index contributed by atoms with van der Waals surface area (Å²) >= 11 is 0. The summed E-state index contributed by atoms with van der Waals surface area (Å²) in [5.74, 6) is 0.446. The highest BCUT2D eigenvalue weighted by atomic mass is 32.2. The predicted molar refractivity (Wildman–Crippen MR) is 69.8 cm³/mol. The van der Waals surface area contributed by atoms with E-state index in [0.717, 1.165) is 12.7 Å². The molecule has 1 saturated carbocycles. The zero-order chi connectivity index (χ0) is 14.1. The Hall–Kier alpha value is -1.65. The van der Waals surface area contributed by atoms with E-state index in [1.165, 1.54) is 13.2 Å². The van der Waals surface area contributed by atoms with Crippen LogP contribution in [-0.2, 0) is 20.2 Å². The lowest BCUT2D eigenvalue weighted by Crippen LogP contribution is -2.34. The Kier molecular flexibility index (Phi) is 3.47. The average molecular weight is 281 g/mol. The molecule has 5 nitrogen and oxygen atoms in total. The van der Waals surface area contributed by atoms with Crippen molar-refractivity contribution < 1.29 is 17.9 Å². The number of benzene rings is 1. The van der Waals surface area contributed by atoms with Crippen molar-refractivity contribution in [2.75, 3.05) is 13.4 Å². The van der Waals surface area contributed by atoms with Crippen LogP contribution in [0.5, 0.6) is 5.75 Å². The fourth-order valence-corrected chi connectivity index (χ4v) is 3.45. The SMILES string of the molecule is COc1cccc(S(C)(=O)=O)c1C1(N=C=O)CCC1. The van der Waals surface area contributed by atoms with E-state index < -0.39 is 15.4 Å². The number of nitrogens with zero attached hydrogens (tertiary/aromatic N) is 1. The van der Waals surface area contributed by atoms with Crippen molar-refractivity contribution in [3.63, 3.8) is 0 Å². The van der Waals surface area contributed by atoms with Gasteiger partial charge in [-0.25, -0.2) is 13.2 Å². The Bertz CT molecular complexity index is 641. The molecule has 102 valence electrons. The summed E-state index contributed by atoms with van der Waals surface area (Å²) in [6, 6.07) is 4.83. The fourth-order valence-electron chi connectivity index (χ4n) is 2.47. The highest BCUT2D eigenvalue weighted by molar-refractivity contribution is 7.90. The minimum atomic E-state index is -3.41. The average Bonchev–Trinajstić information content (AvgIpc) is 2.32. The molecule has 19 heavy (non-hydrogen) atoms. The molecule has 0 aliphatic heterocycles. The monoisotopic (exact) mass is 281 g/mol. The van der Waals surface area contributed by atoms with Crippen LogP contribution >= 0.6 is 0 Å². The van der Waals surface area contributed by atoms with Gasteiger partial charge in [-0.15, -0.1) is 0 Å². The molecular formula is C13H15NO4S. The summed E-state index contributed by atoms with van der Waals surface area (Å²) in [6.45, 7) is 0. The number of carbonyl (C=O) groups excluding carboxylic acids is 1. The first-order chi connectivity index (χ1) is 8.94. The summed E-state index contributed by atoms with van der Waals surface area (Å²) in [6.07, 6.45) is 4.86. The molecule has 6 heteroatoms. The molecule has 0 aromatic heterocycles. The predicted octanol–water partition coefficient (Wildman–Crippen LogP) is 1.81. The molecule has 0 unspecified atom stereocenters. The molecule has 1 aromatic rings. The third kappa shape index (κ3) is 2.29. The molecular weight excluding hydrogens is 266 g/mol. The van der Waals surface area contributed by atoms with Gasteiger partial charge in [0.25, 0.3) is 0 Å². The molecule has 0 radical (unpaired) electrons. The maximum absolute atomic E-state index is 11.9. The van der Waals surface area contributed by atoms with Gasteiger partial charge in [0, 0.05) is 11.8 Å². The zero-order valence-corrected chi connectivity index (χ0v) is 11.7. The maximum Gasteiger partial charge on any atom is 0.235 e. The van der Waals surface area contributed by atoms with Gasteiger partial charge in [0.1, 0.15) is 11.3 Å². The van der Waals surface area contributed by atoms with E-state index in [1.807, 2.05) is 0 Å². The molecule has 1 aliphatic rings. The van der Waals surface area contributed by atoms with Crippen molar-refractivity contribution >= 4 is 15.9 Å². The van der Waals surface area contributed by atoms with E-state index in [2.05, 4.69) is 4.99 Å². The first-order valence-corrected chi connectivity index (χ1v) is 7.80. The van der Waals surface area contributed by atoms with E-state index >= 15 is 0 Å². The van der Waals surface area contributed by atoms with Gasteiger partial charge in [-0.3, -0.25) is 0 Å². The van der Waals surface area contributed by atoms with E-state index in [0.29, 0.717) is 24.2 Å². The Labute approximate surface area is 112 Å². The molecule has 0 heterocycles. The lowest BCUT2D eigenvalue weighted by atomic mass is 9.72. The van der Waals surface area contributed by atoms with E-state index in [9.17, 15) is 13.2 Å². The Balaban J connectivity index is 2.76. The quantitative estimate of drug-likeness (QED) is 0.623. The van der Waals surface area contributed by atoms with Crippen molar-refractivity contribution in [1.82, 2.24) is 0 Å². The second-order valence-corrected chi connectivity index (χ2v) is 6.68. The minimum absolute atomic E-state index is 0.172. The summed E-state index contributed by atoms with van der Waals surface area (Å²) in [4.78, 5) is 14.7. The number of rotatable bonds is 4. The standard InChI is InChI=1S/C13H15NO4S/c1-18-10-5-3-6-11(19(2,16)17)12(10)13(14-9-15)7-4-8-13/h3,5-6H,4,7-8H2,1-2H3. The summed E-state index contributed by atoms with van der Waals surface area (Å²) in [5, 5.41) is 0. The molecule has 0 saturated heterocycles. The zero-order valence-electron chi connectivity index (χ0n) is 10.8. The van der Waals surface area contributed by atoms with Crippen molar-refractivity contribution in [3.05, 3.63) is 23.8 Å². The number of hydrogen-bond donors (Lipinski definition) is 0. The van der Waals surface area contributed by atoms with Gasteiger partial charge in [0.2, 0.25) is 6.08 Å². The molecule has 0 N–H and O–H groups in total. The first kappa shape index (κ1) is 13.8. The highest BCUT2D eigenvalue weighted by Gasteiger charge is 2.44. The van der Waals surface area contributed by atoms with Gasteiger partial charge in [-0.2, -0.15) is 4.99 Å². The second-order valence-electron chi connectivity index (χ2n) is 4.69. The second kappa shape index (κ2) is 4.79. The van der Waals surface area contributed by atoms with Crippen LogP contribution < -0.4 is 4.74 Å². The van der Waals surface area contributed by atoms with E-state index in [-0.39, 0.29) is 4.90 Å². The largest absolute Gasteiger partial charge is 0.496 e. The van der Waals surface area contributed by atoms with Crippen LogP contribution in [0.15, 0.2) is 28.1 Å². The van der Waals surface area contributed by atoms with Gasteiger partial charge in [0.05, 0.1) is 12.0 Å². The molecule has 0 atom stereocenters. The molecule has 1 aliphatic carbocycles. The number of aliphatic imine (C=N–C) groups is 1. The van der Waals surface area contributed by atoms with Crippen molar-refractivity contribution in [1.29, 1.82) is 0 Å². The number of ether oxygens (including phenoxy) is 1. The number of sulfone groups is 1. The molecule has 0 amide bonds. The Morgan fingerprint density at radius 1 is 1.37 bits per heavy atom. The first-order valence-electron chi connectivity index (χ1n) is 5.91. The summed E-state index contributed by atoms with van der Waals surface area (Å²) < 4.78 is 29.1. The lowest BCUT2D eigenvalue weighted by molar-refractivity contribution is 0.241. The topological polar surface area (TPSA) is 72.8 Å². The van der Waals surface area contributed by atoms with Gasteiger partial charge >= 0.3 is 0 Å². The Morgan fingerprint density at radius 3 is 2.47 bits per heavy atom. The van der Waals surface area contributed by atoms with Gasteiger partial charge in [-0.1, -0.05) is 6.07 Å². The summed E-state index contributed by atoms with van der Waals surface area (Å²) in [5.41, 5.74) is -0.318. The van der Waals surface area contributed by atoms with Crippen LogP contribution in [0.25, 0.3) is 0 Å². The fraction of sp³-hybridized carbons (Fsp3) is 0.462. The summed E-state index contributed by atoms with van der Waals surface area (Å²) in [7, 11) is -1.94. The Morgan fingerprint density at radius 2 is 2.05 bits per heavy atom. The highest BCUT2D eigenvalue weighted by Crippen LogP contribution is 2.50. The van der Waals surface area contributed by atoms with Crippen LogP contribution in [0.3, 0.4) is 0 Å².